The minimum atomic E-state index is -0.145. The summed E-state index contributed by atoms with van der Waals surface area (Å²) in [4.78, 5) is 0. The smallest absolute Gasteiger partial charge is 0.119 e. The van der Waals surface area contributed by atoms with Crippen LogP contribution in [0.25, 0.3) is 0 Å². The van der Waals surface area contributed by atoms with E-state index >= 15 is 0 Å². The van der Waals surface area contributed by atoms with E-state index in [2.05, 4.69) is 5.10 Å². The highest BCUT2D eigenvalue weighted by atomic mass is 16.5. The lowest BCUT2D eigenvalue weighted by Gasteiger charge is -2.11. The molecule has 1 heterocycles. The van der Waals surface area contributed by atoms with Crippen LogP contribution in [-0.2, 0) is 7.05 Å². The molecule has 0 amide bonds. The zero-order chi connectivity index (χ0) is 11.4. The fourth-order valence-corrected chi connectivity index (χ4v) is 1.43. The van der Waals surface area contributed by atoms with Gasteiger partial charge in [-0.1, -0.05) is 18.2 Å². The van der Waals surface area contributed by atoms with Gasteiger partial charge in [0.25, 0.3) is 0 Å². The summed E-state index contributed by atoms with van der Waals surface area (Å²) in [7, 11) is 1.87. The molecule has 0 aliphatic rings. The summed E-state index contributed by atoms with van der Waals surface area (Å²) in [6, 6.07) is 9.50. The van der Waals surface area contributed by atoms with Crippen LogP contribution in [0.4, 0.5) is 0 Å². The molecule has 2 aromatic rings. The highest BCUT2D eigenvalue weighted by Crippen LogP contribution is 2.13. The monoisotopic (exact) mass is 217 g/mol. The van der Waals surface area contributed by atoms with Crippen molar-refractivity contribution >= 4 is 0 Å². The van der Waals surface area contributed by atoms with Crippen molar-refractivity contribution in [1.29, 1.82) is 0 Å². The van der Waals surface area contributed by atoms with Crippen LogP contribution in [0.1, 0.15) is 11.6 Å². The van der Waals surface area contributed by atoms with Gasteiger partial charge in [-0.25, -0.2) is 0 Å². The van der Waals surface area contributed by atoms with Gasteiger partial charge in [0, 0.05) is 18.8 Å². The molecule has 2 rings (SSSR count). The lowest BCUT2D eigenvalue weighted by molar-refractivity contribution is 0.290. The van der Waals surface area contributed by atoms with E-state index in [-0.39, 0.29) is 6.04 Å². The Morgan fingerprint density at radius 2 is 2.12 bits per heavy atom. The van der Waals surface area contributed by atoms with Crippen LogP contribution in [-0.4, -0.2) is 16.4 Å². The van der Waals surface area contributed by atoms with E-state index in [0.717, 1.165) is 11.3 Å². The average Bonchev–Trinajstić information content (AvgIpc) is 2.74. The van der Waals surface area contributed by atoms with Crippen LogP contribution in [0.3, 0.4) is 0 Å². The van der Waals surface area contributed by atoms with Crippen molar-refractivity contribution in [3.8, 4) is 5.75 Å². The zero-order valence-corrected chi connectivity index (χ0v) is 9.21. The van der Waals surface area contributed by atoms with Crippen molar-refractivity contribution in [3.05, 3.63) is 48.3 Å². The minimum absolute atomic E-state index is 0.145. The van der Waals surface area contributed by atoms with Gasteiger partial charge in [0.15, 0.2) is 0 Å². The molecule has 2 N–H and O–H groups in total. The predicted molar refractivity (Wildman–Crippen MR) is 62.1 cm³/mol. The molecule has 1 aromatic heterocycles. The molecular weight excluding hydrogens is 202 g/mol. The molecule has 0 radical (unpaired) electrons. The molecule has 0 saturated carbocycles. The van der Waals surface area contributed by atoms with Crippen LogP contribution in [0.2, 0.25) is 0 Å². The first-order chi connectivity index (χ1) is 7.75. The molecule has 0 spiro atoms. The molecule has 0 aliphatic heterocycles. The van der Waals surface area contributed by atoms with Crippen LogP contribution in [0.15, 0.2) is 42.7 Å². The number of hydrogen-bond donors (Lipinski definition) is 1. The SMILES string of the molecule is Cn1cc(C(N)COc2ccccc2)cn1. The highest BCUT2D eigenvalue weighted by Gasteiger charge is 2.08. The van der Waals surface area contributed by atoms with Crippen LogP contribution in [0, 0.1) is 0 Å². The number of ether oxygens (including phenoxy) is 1. The van der Waals surface area contributed by atoms with Gasteiger partial charge in [-0.3, -0.25) is 4.68 Å². The van der Waals surface area contributed by atoms with Crippen molar-refractivity contribution in [1.82, 2.24) is 9.78 Å². The molecule has 1 unspecified atom stereocenters. The molecule has 0 fully saturated rings. The second kappa shape index (κ2) is 4.81. The number of aryl methyl sites for hydroxylation is 1. The zero-order valence-electron chi connectivity index (χ0n) is 9.21. The lowest BCUT2D eigenvalue weighted by Crippen LogP contribution is -2.18. The van der Waals surface area contributed by atoms with Gasteiger partial charge in [-0.15, -0.1) is 0 Å². The van der Waals surface area contributed by atoms with Crippen LogP contribution >= 0.6 is 0 Å². The largest absolute Gasteiger partial charge is 0.492 e. The maximum Gasteiger partial charge on any atom is 0.119 e. The summed E-state index contributed by atoms with van der Waals surface area (Å²) in [5.74, 6) is 0.835. The number of rotatable bonds is 4. The van der Waals surface area contributed by atoms with Crippen molar-refractivity contribution in [2.75, 3.05) is 6.61 Å². The normalized spacial score (nSPS) is 12.4. The summed E-state index contributed by atoms with van der Waals surface area (Å²) >= 11 is 0. The average molecular weight is 217 g/mol. The van der Waals surface area contributed by atoms with Gasteiger partial charge in [0.05, 0.1) is 12.2 Å². The van der Waals surface area contributed by atoms with Gasteiger partial charge in [0.2, 0.25) is 0 Å². The maximum atomic E-state index is 5.98. The number of hydrogen-bond acceptors (Lipinski definition) is 3. The first-order valence-corrected chi connectivity index (χ1v) is 5.17. The quantitative estimate of drug-likeness (QED) is 0.844. The van der Waals surface area contributed by atoms with Gasteiger partial charge in [-0.2, -0.15) is 5.10 Å². The van der Waals surface area contributed by atoms with Crippen LogP contribution < -0.4 is 10.5 Å². The Morgan fingerprint density at radius 1 is 1.38 bits per heavy atom. The first-order valence-electron chi connectivity index (χ1n) is 5.17. The Kier molecular flexibility index (Phi) is 3.22. The molecule has 1 aromatic carbocycles. The minimum Gasteiger partial charge on any atom is -0.492 e. The second-order valence-corrected chi connectivity index (χ2v) is 3.68. The Balaban J connectivity index is 1.91. The summed E-state index contributed by atoms with van der Waals surface area (Å²) < 4.78 is 7.30. The fourth-order valence-electron chi connectivity index (χ4n) is 1.43. The van der Waals surface area contributed by atoms with E-state index in [0.29, 0.717) is 6.61 Å². The Hall–Kier alpha value is -1.81. The van der Waals surface area contributed by atoms with Crippen molar-refractivity contribution < 1.29 is 4.74 Å². The third-order valence-corrected chi connectivity index (χ3v) is 2.33. The van der Waals surface area contributed by atoms with Crippen molar-refractivity contribution in [2.24, 2.45) is 12.8 Å². The predicted octanol–water partition coefficient (Wildman–Crippen LogP) is 1.50. The number of nitrogens with two attached hydrogens (primary N) is 1. The summed E-state index contributed by atoms with van der Waals surface area (Å²) in [5, 5.41) is 4.07. The maximum absolute atomic E-state index is 5.98. The Morgan fingerprint density at radius 3 is 2.75 bits per heavy atom. The Labute approximate surface area is 94.6 Å². The lowest BCUT2D eigenvalue weighted by atomic mass is 10.2. The molecule has 4 nitrogen and oxygen atoms in total. The van der Waals surface area contributed by atoms with E-state index in [9.17, 15) is 0 Å². The first kappa shape index (κ1) is 10.7. The van der Waals surface area contributed by atoms with E-state index in [1.54, 1.807) is 10.9 Å². The molecular formula is C12H15N3O. The number of benzene rings is 1. The third kappa shape index (κ3) is 2.61. The number of para-hydroxylation sites is 1. The summed E-state index contributed by atoms with van der Waals surface area (Å²) in [6.45, 7) is 0.454. The topological polar surface area (TPSA) is 53.1 Å². The van der Waals surface area contributed by atoms with Gasteiger partial charge >= 0.3 is 0 Å². The van der Waals surface area contributed by atoms with Crippen LogP contribution in [0.5, 0.6) is 5.75 Å². The third-order valence-electron chi connectivity index (χ3n) is 2.33. The van der Waals surface area contributed by atoms with Gasteiger partial charge < -0.3 is 10.5 Å². The summed E-state index contributed by atoms with van der Waals surface area (Å²) in [6.07, 6.45) is 3.66. The molecule has 84 valence electrons. The van der Waals surface area contributed by atoms with E-state index in [1.165, 1.54) is 0 Å². The number of nitrogens with zero attached hydrogens (tertiary/aromatic N) is 2. The summed E-state index contributed by atoms with van der Waals surface area (Å²) in [5.41, 5.74) is 6.96. The van der Waals surface area contributed by atoms with Gasteiger partial charge in [-0.05, 0) is 12.1 Å². The van der Waals surface area contributed by atoms with Gasteiger partial charge in [0.1, 0.15) is 12.4 Å². The second-order valence-electron chi connectivity index (χ2n) is 3.68. The van der Waals surface area contributed by atoms with Crippen molar-refractivity contribution in [2.45, 2.75) is 6.04 Å². The molecule has 1 atom stereocenters. The molecule has 16 heavy (non-hydrogen) atoms. The molecule has 4 heteroatoms. The Bertz CT molecular complexity index is 439. The number of aromatic nitrogens is 2. The van der Waals surface area contributed by atoms with E-state index < -0.39 is 0 Å². The van der Waals surface area contributed by atoms with Crippen molar-refractivity contribution in [3.63, 3.8) is 0 Å². The standard InChI is InChI=1S/C12H15N3O/c1-15-8-10(7-14-15)12(13)9-16-11-5-3-2-4-6-11/h2-8,12H,9,13H2,1H3. The van der Waals surface area contributed by atoms with E-state index in [1.807, 2.05) is 43.6 Å². The molecule has 0 bridgehead atoms. The van der Waals surface area contributed by atoms with E-state index in [4.69, 9.17) is 10.5 Å². The fraction of sp³-hybridized carbons (Fsp3) is 0.250. The molecule has 0 aliphatic carbocycles. The highest BCUT2D eigenvalue weighted by molar-refractivity contribution is 5.21. The molecule has 0 saturated heterocycles.